The van der Waals surface area contributed by atoms with Gasteiger partial charge in [0.15, 0.2) is 11.6 Å². The number of ketones is 2. The van der Waals surface area contributed by atoms with Crippen molar-refractivity contribution >= 4 is 11.6 Å². The van der Waals surface area contributed by atoms with Gasteiger partial charge < -0.3 is 9.84 Å². The first-order chi connectivity index (χ1) is 11.2. The maximum Gasteiger partial charge on any atom is 0.181 e. The summed E-state index contributed by atoms with van der Waals surface area (Å²) in [6.07, 6.45) is 6.47. The average molecular weight is 332 g/mol. The summed E-state index contributed by atoms with van der Waals surface area (Å²) in [6.45, 7) is 9.43. The van der Waals surface area contributed by atoms with Crippen LogP contribution in [0.5, 0.6) is 0 Å². The number of rotatable bonds is 7. The first-order valence-electron chi connectivity index (χ1n) is 8.11. The van der Waals surface area contributed by atoms with E-state index in [4.69, 9.17) is 4.74 Å². The Morgan fingerprint density at radius 1 is 1.12 bits per heavy atom. The predicted molar refractivity (Wildman–Crippen MR) is 95.8 cm³/mol. The average Bonchev–Trinajstić information content (AvgIpc) is 2.45. The maximum atomic E-state index is 13.2. The lowest BCUT2D eigenvalue weighted by atomic mass is 9.65. The Bertz CT molecular complexity index is 617. The molecule has 4 heteroatoms. The van der Waals surface area contributed by atoms with Crippen molar-refractivity contribution in [3.63, 3.8) is 0 Å². The van der Waals surface area contributed by atoms with Crippen molar-refractivity contribution < 1.29 is 19.4 Å². The van der Waals surface area contributed by atoms with Gasteiger partial charge in [-0.25, -0.2) is 0 Å². The second-order valence-corrected chi connectivity index (χ2v) is 6.80. The predicted octanol–water partition coefficient (Wildman–Crippen LogP) is 4.24. The van der Waals surface area contributed by atoms with Crippen LogP contribution >= 0.6 is 0 Å². The number of methoxy groups -OCH3 is 1. The second-order valence-electron chi connectivity index (χ2n) is 6.80. The highest BCUT2D eigenvalue weighted by atomic mass is 16.5. The van der Waals surface area contributed by atoms with Crippen molar-refractivity contribution in [3.05, 3.63) is 46.3 Å². The molecule has 1 aliphatic carbocycles. The molecule has 132 valence electrons. The lowest BCUT2D eigenvalue weighted by Gasteiger charge is -2.36. The molecule has 0 fully saturated rings. The number of allylic oxidation sites excluding steroid dienone is 6. The van der Waals surface area contributed by atoms with Crippen LogP contribution < -0.4 is 0 Å². The molecule has 0 aromatic carbocycles. The molecule has 0 bridgehead atoms. The molecule has 0 aliphatic heterocycles. The van der Waals surface area contributed by atoms with Gasteiger partial charge in [0, 0.05) is 7.11 Å². The minimum atomic E-state index is -0.891. The van der Waals surface area contributed by atoms with Crippen molar-refractivity contribution in [1.29, 1.82) is 0 Å². The fourth-order valence-electron chi connectivity index (χ4n) is 2.84. The number of ether oxygens (including phenoxy) is 1. The minimum absolute atomic E-state index is 0.112. The number of Topliss-reactive ketones (excluding diaryl/α,β-unsaturated/α-hetero) is 2. The molecular formula is C20H28O4. The summed E-state index contributed by atoms with van der Waals surface area (Å²) >= 11 is 0. The molecule has 0 aromatic rings. The van der Waals surface area contributed by atoms with Gasteiger partial charge in [0.05, 0.1) is 12.0 Å². The Kier molecular flexibility index (Phi) is 6.91. The van der Waals surface area contributed by atoms with Crippen LogP contribution in [0, 0.1) is 5.41 Å². The Morgan fingerprint density at radius 3 is 2.00 bits per heavy atom. The third-order valence-corrected chi connectivity index (χ3v) is 4.21. The fourth-order valence-corrected chi connectivity index (χ4v) is 2.84. The SMILES string of the molecule is COCC1=CC(O)=C(C(C)=O)C(=O)C1(CC=C(C)C)CC=C(C)C. The van der Waals surface area contributed by atoms with Gasteiger partial charge in [-0.15, -0.1) is 0 Å². The van der Waals surface area contributed by atoms with Crippen LogP contribution in [0.2, 0.25) is 0 Å². The molecule has 0 spiro atoms. The number of hydrogen-bond acceptors (Lipinski definition) is 4. The first-order valence-corrected chi connectivity index (χ1v) is 8.11. The van der Waals surface area contributed by atoms with Gasteiger partial charge in [0.1, 0.15) is 11.3 Å². The Labute approximate surface area is 144 Å². The number of aliphatic hydroxyl groups is 1. The summed E-state index contributed by atoms with van der Waals surface area (Å²) in [4.78, 5) is 25.1. The van der Waals surface area contributed by atoms with E-state index >= 15 is 0 Å². The van der Waals surface area contributed by atoms with E-state index in [2.05, 4.69) is 0 Å². The van der Waals surface area contributed by atoms with E-state index in [9.17, 15) is 14.7 Å². The molecule has 4 nitrogen and oxygen atoms in total. The molecule has 0 amide bonds. The molecule has 0 saturated carbocycles. The van der Waals surface area contributed by atoms with Crippen LogP contribution in [-0.2, 0) is 14.3 Å². The molecule has 0 heterocycles. The van der Waals surface area contributed by atoms with Gasteiger partial charge in [-0.2, -0.15) is 0 Å². The molecule has 0 saturated heterocycles. The number of hydrogen-bond donors (Lipinski definition) is 1. The van der Waals surface area contributed by atoms with Crippen LogP contribution in [0.3, 0.4) is 0 Å². The summed E-state index contributed by atoms with van der Waals surface area (Å²) < 4.78 is 5.26. The summed E-state index contributed by atoms with van der Waals surface area (Å²) in [5.41, 5.74) is 1.89. The maximum absolute atomic E-state index is 13.2. The molecule has 0 aromatic heterocycles. The third-order valence-electron chi connectivity index (χ3n) is 4.21. The Hall–Kier alpha value is -1.94. The zero-order valence-electron chi connectivity index (χ0n) is 15.5. The normalized spacial score (nSPS) is 16.6. The summed E-state index contributed by atoms with van der Waals surface area (Å²) in [5, 5.41) is 10.2. The lowest BCUT2D eigenvalue weighted by molar-refractivity contribution is -0.126. The van der Waals surface area contributed by atoms with Crippen molar-refractivity contribution in [2.24, 2.45) is 5.41 Å². The zero-order chi connectivity index (χ0) is 18.5. The van der Waals surface area contributed by atoms with Gasteiger partial charge in [-0.1, -0.05) is 23.3 Å². The Morgan fingerprint density at radius 2 is 1.62 bits per heavy atom. The van der Waals surface area contributed by atoms with Crippen LogP contribution in [-0.4, -0.2) is 30.4 Å². The van der Waals surface area contributed by atoms with Crippen molar-refractivity contribution in [2.75, 3.05) is 13.7 Å². The number of carbonyl (C=O) groups excluding carboxylic acids is 2. The molecule has 24 heavy (non-hydrogen) atoms. The Balaban J connectivity index is 3.58. The van der Waals surface area contributed by atoms with Crippen molar-refractivity contribution in [3.8, 4) is 0 Å². The summed E-state index contributed by atoms with van der Waals surface area (Å²) in [7, 11) is 1.55. The molecule has 1 N–H and O–H groups in total. The zero-order valence-corrected chi connectivity index (χ0v) is 15.5. The molecule has 1 aliphatic rings. The van der Waals surface area contributed by atoms with Crippen LogP contribution in [0.15, 0.2) is 46.3 Å². The van der Waals surface area contributed by atoms with Crippen LogP contribution in [0.4, 0.5) is 0 Å². The van der Waals surface area contributed by atoms with E-state index in [0.717, 1.165) is 11.1 Å². The highest BCUT2D eigenvalue weighted by molar-refractivity contribution is 6.23. The quantitative estimate of drug-likeness (QED) is 0.559. The molecule has 0 unspecified atom stereocenters. The monoisotopic (exact) mass is 332 g/mol. The van der Waals surface area contributed by atoms with Crippen LogP contribution in [0.1, 0.15) is 47.5 Å². The van der Waals surface area contributed by atoms with Gasteiger partial charge in [0.25, 0.3) is 0 Å². The highest BCUT2D eigenvalue weighted by Gasteiger charge is 2.46. The molecular weight excluding hydrogens is 304 g/mol. The largest absolute Gasteiger partial charge is 0.507 e. The van der Waals surface area contributed by atoms with E-state index < -0.39 is 11.2 Å². The van der Waals surface area contributed by atoms with Gasteiger partial charge >= 0.3 is 0 Å². The second kappa shape index (κ2) is 8.25. The third kappa shape index (κ3) is 4.32. The molecule has 0 radical (unpaired) electrons. The van der Waals surface area contributed by atoms with E-state index in [0.29, 0.717) is 18.4 Å². The topological polar surface area (TPSA) is 63.6 Å². The lowest BCUT2D eigenvalue weighted by Crippen LogP contribution is -2.40. The van der Waals surface area contributed by atoms with Crippen molar-refractivity contribution in [2.45, 2.75) is 47.5 Å². The number of aliphatic hydroxyl groups excluding tert-OH is 1. The summed E-state index contributed by atoms with van der Waals surface area (Å²) in [5.74, 6) is -0.995. The van der Waals surface area contributed by atoms with Crippen LogP contribution in [0.25, 0.3) is 0 Å². The first kappa shape index (κ1) is 20.1. The van der Waals surface area contributed by atoms with E-state index in [1.54, 1.807) is 7.11 Å². The summed E-state index contributed by atoms with van der Waals surface area (Å²) in [6, 6.07) is 0. The minimum Gasteiger partial charge on any atom is -0.507 e. The molecule has 0 atom stereocenters. The standard InChI is InChI=1S/C20H28O4/c1-13(2)7-9-20(10-8-14(3)4)16(12-24-6)11-17(22)18(15(5)21)19(20)23/h7-8,11,22H,9-10,12H2,1-6H3. The number of carbonyl (C=O) groups is 2. The van der Waals surface area contributed by atoms with E-state index in [-0.39, 0.29) is 23.7 Å². The highest BCUT2D eigenvalue weighted by Crippen LogP contribution is 2.44. The van der Waals surface area contributed by atoms with Gasteiger partial charge in [-0.05, 0) is 59.1 Å². The molecule has 1 rings (SSSR count). The van der Waals surface area contributed by atoms with E-state index in [1.807, 2.05) is 39.8 Å². The van der Waals surface area contributed by atoms with E-state index in [1.165, 1.54) is 13.0 Å². The fraction of sp³-hybridized carbons (Fsp3) is 0.500. The van der Waals surface area contributed by atoms with Gasteiger partial charge in [0.2, 0.25) is 0 Å². The smallest absolute Gasteiger partial charge is 0.181 e. The van der Waals surface area contributed by atoms with Crippen molar-refractivity contribution in [1.82, 2.24) is 0 Å². The van der Waals surface area contributed by atoms with Gasteiger partial charge in [-0.3, -0.25) is 9.59 Å².